The third-order valence-electron chi connectivity index (χ3n) is 4.42. The van der Waals surface area contributed by atoms with E-state index < -0.39 is 28.5 Å². The Morgan fingerprint density at radius 2 is 1.75 bits per heavy atom. The van der Waals surface area contributed by atoms with Gasteiger partial charge in [0.25, 0.3) is 5.91 Å². The fourth-order valence-electron chi connectivity index (χ4n) is 2.76. The number of carbonyl (C=O) groups excluding carboxylic acids is 2. The Morgan fingerprint density at radius 3 is 2.47 bits per heavy atom. The summed E-state index contributed by atoms with van der Waals surface area (Å²) in [6.45, 7) is -0.491. The normalized spacial score (nSPS) is 11.5. The summed E-state index contributed by atoms with van der Waals surface area (Å²) in [6, 6.07) is 17.9. The molecule has 0 spiro atoms. The highest BCUT2D eigenvalue weighted by molar-refractivity contribution is 8.00. The maximum absolute atomic E-state index is 12.3. The number of benzene rings is 3. The van der Waals surface area contributed by atoms with Gasteiger partial charge in [-0.3, -0.25) is 9.59 Å². The molecule has 0 radical (unpaired) electrons. The lowest BCUT2D eigenvalue weighted by Crippen LogP contribution is -2.24. The first-order chi connectivity index (χ1) is 15.2. The van der Waals surface area contributed by atoms with Gasteiger partial charge in [0.1, 0.15) is 4.90 Å². The zero-order valence-corrected chi connectivity index (χ0v) is 19.8. The van der Waals surface area contributed by atoms with E-state index in [1.807, 2.05) is 42.5 Å². The predicted molar refractivity (Wildman–Crippen MR) is 127 cm³/mol. The van der Waals surface area contributed by atoms with Crippen LogP contribution >= 0.6 is 23.4 Å². The first-order valence-electron chi connectivity index (χ1n) is 9.46. The van der Waals surface area contributed by atoms with Gasteiger partial charge in [-0.05, 0) is 41.1 Å². The van der Waals surface area contributed by atoms with Crippen LogP contribution in [0.25, 0.3) is 10.8 Å². The highest BCUT2D eigenvalue weighted by Crippen LogP contribution is 2.27. The fraction of sp³-hybridized carbons (Fsp3) is 0.182. The number of hydrogen-bond donors (Lipinski definition) is 1. The van der Waals surface area contributed by atoms with Gasteiger partial charge >= 0.3 is 5.97 Å². The molecule has 0 atom stereocenters. The Kier molecular flexibility index (Phi) is 7.78. The minimum Gasteiger partial charge on any atom is -0.455 e. The molecule has 0 heterocycles. The van der Waals surface area contributed by atoms with Gasteiger partial charge in [0, 0.05) is 24.7 Å². The smallest absolute Gasteiger partial charge is 0.316 e. The van der Waals surface area contributed by atoms with E-state index >= 15 is 0 Å². The van der Waals surface area contributed by atoms with Crippen LogP contribution in [0.1, 0.15) is 0 Å². The summed E-state index contributed by atoms with van der Waals surface area (Å²) in [5.41, 5.74) is 0.224. The van der Waals surface area contributed by atoms with Gasteiger partial charge in [-0.25, -0.2) is 12.7 Å². The van der Waals surface area contributed by atoms with Crippen molar-refractivity contribution >= 4 is 61.7 Å². The van der Waals surface area contributed by atoms with Crippen molar-refractivity contribution in [3.8, 4) is 0 Å². The Hall–Kier alpha value is -2.59. The highest BCUT2D eigenvalue weighted by Gasteiger charge is 2.21. The summed E-state index contributed by atoms with van der Waals surface area (Å²) < 4.78 is 30.7. The second-order valence-electron chi connectivity index (χ2n) is 6.94. The molecule has 3 rings (SSSR count). The first-order valence-corrected chi connectivity index (χ1v) is 12.3. The van der Waals surface area contributed by atoms with Crippen LogP contribution in [0, 0.1) is 0 Å². The molecule has 3 aromatic rings. The number of sulfonamides is 1. The summed E-state index contributed by atoms with van der Waals surface area (Å²) in [4.78, 5) is 24.9. The molecule has 32 heavy (non-hydrogen) atoms. The number of esters is 1. The van der Waals surface area contributed by atoms with Crippen LogP contribution in [-0.4, -0.2) is 51.1 Å². The molecule has 0 aliphatic carbocycles. The Balaban J connectivity index is 1.52. The lowest BCUT2D eigenvalue weighted by molar-refractivity contribution is -0.144. The van der Waals surface area contributed by atoms with Crippen molar-refractivity contribution in [3.05, 3.63) is 65.7 Å². The van der Waals surface area contributed by atoms with E-state index in [1.54, 1.807) is 0 Å². The van der Waals surface area contributed by atoms with Crippen LogP contribution < -0.4 is 5.32 Å². The monoisotopic (exact) mass is 492 g/mol. The third kappa shape index (κ3) is 6.01. The van der Waals surface area contributed by atoms with Gasteiger partial charge in [-0.2, -0.15) is 0 Å². The van der Waals surface area contributed by atoms with E-state index in [0.29, 0.717) is 0 Å². The molecule has 0 saturated carbocycles. The number of hydrogen-bond acceptors (Lipinski definition) is 6. The molecule has 0 saturated heterocycles. The minimum atomic E-state index is -3.78. The molecular weight excluding hydrogens is 472 g/mol. The van der Waals surface area contributed by atoms with Crippen LogP contribution in [0.4, 0.5) is 5.69 Å². The van der Waals surface area contributed by atoms with Gasteiger partial charge in [-0.1, -0.05) is 41.9 Å². The Labute approximate surface area is 195 Å². The molecule has 0 aliphatic rings. The van der Waals surface area contributed by atoms with Crippen molar-refractivity contribution < 1.29 is 22.7 Å². The van der Waals surface area contributed by atoms with Gasteiger partial charge in [0.2, 0.25) is 10.0 Å². The van der Waals surface area contributed by atoms with E-state index in [9.17, 15) is 18.0 Å². The molecular formula is C22H21ClN2O5S2. The molecule has 0 aliphatic heterocycles. The highest BCUT2D eigenvalue weighted by atomic mass is 35.5. The van der Waals surface area contributed by atoms with E-state index in [4.69, 9.17) is 16.3 Å². The maximum atomic E-state index is 12.3. The topological polar surface area (TPSA) is 92.8 Å². The van der Waals surface area contributed by atoms with Crippen LogP contribution in [0.2, 0.25) is 5.02 Å². The number of nitrogens with zero attached hydrogens (tertiary/aromatic N) is 1. The second-order valence-corrected chi connectivity index (χ2v) is 10.5. The number of ether oxygens (including phenoxy) is 1. The quantitative estimate of drug-likeness (QED) is 0.377. The number of halogens is 1. The SMILES string of the molecule is CN(C)S(=O)(=O)c1cc(NC(=O)COC(=O)CSc2ccc3ccccc3c2)ccc1Cl. The largest absolute Gasteiger partial charge is 0.455 e. The van der Waals surface area contributed by atoms with Gasteiger partial charge in [0.15, 0.2) is 6.61 Å². The van der Waals surface area contributed by atoms with E-state index in [1.165, 1.54) is 44.1 Å². The third-order valence-corrected chi connectivity index (χ3v) is 7.68. The van der Waals surface area contributed by atoms with Crippen molar-refractivity contribution in [3.63, 3.8) is 0 Å². The number of anilines is 1. The first kappa shape index (κ1) is 24.1. The standard InChI is InChI=1S/C22H21ClN2O5S2/c1-25(2)32(28,29)20-12-17(8-10-19(20)23)24-21(26)13-30-22(27)14-31-18-9-7-15-5-3-4-6-16(15)11-18/h3-12H,13-14H2,1-2H3,(H,24,26). The lowest BCUT2D eigenvalue weighted by atomic mass is 10.1. The van der Waals surface area contributed by atoms with Crippen molar-refractivity contribution in [2.24, 2.45) is 0 Å². The van der Waals surface area contributed by atoms with Crippen molar-refractivity contribution in [2.75, 3.05) is 31.8 Å². The number of thioether (sulfide) groups is 1. The summed E-state index contributed by atoms with van der Waals surface area (Å²) in [7, 11) is -1.01. The molecule has 7 nitrogen and oxygen atoms in total. The number of nitrogens with one attached hydrogen (secondary N) is 1. The lowest BCUT2D eigenvalue weighted by Gasteiger charge is -2.14. The number of fused-ring (bicyclic) bond motifs is 1. The molecule has 1 amide bonds. The van der Waals surface area contributed by atoms with Gasteiger partial charge in [0.05, 0.1) is 10.8 Å². The number of carbonyl (C=O) groups is 2. The molecule has 3 aromatic carbocycles. The second kappa shape index (κ2) is 10.4. The Morgan fingerprint density at radius 1 is 1.03 bits per heavy atom. The average Bonchev–Trinajstić information content (AvgIpc) is 2.77. The molecule has 10 heteroatoms. The summed E-state index contributed by atoms with van der Waals surface area (Å²) in [5.74, 6) is -1.08. The zero-order chi connectivity index (χ0) is 23.3. The van der Waals surface area contributed by atoms with Crippen LogP contribution in [0.5, 0.6) is 0 Å². The molecule has 0 bridgehead atoms. The Bertz CT molecular complexity index is 1260. The van der Waals surface area contributed by atoms with Gasteiger partial charge < -0.3 is 10.1 Å². The van der Waals surface area contributed by atoms with Crippen molar-refractivity contribution in [2.45, 2.75) is 9.79 Å². The van der Waals surface area contributed by atoms with Crippen LogP contribution in [0.15, 0.2) is 70.5 Å². The predicted octanol–water partition coefficient (Wildman–Crippen LogP) is 4.02. The minimum absolute atomic E-state index is 0.0360. The zero-order valence-electron chi connectivity index (χ0n) is 17.4. The molecule has 0 aromatic heterocycles. The summed E-state index contributed by atoms with van der Waals surface area (Å²) in [5, 5.41) is 4.73. The van der Waals surface area contributed by atoms with Crippen LogP contribution in [-0.2, 0) is 24.3 Å². The van der Waals surface area contributed by atoms with Crippen molar-refractivity contribution in [1.82, 2.24) is 4.31 Å². The number of rotatable bonds is 8. The summed E-state index contributed by atoms with van der Waals surface area (Å²) in [6.07, 6.45) is 0. The maximum Gasteiger partial charge on any atom is 0.316 e. The van der Waals surface area contributed by atoms with E-state index in [0.717, 1.165) is 20.0 Å². The molecule has 1 N–H and O–H groups in total. The fourth-order valence-corrected chi connectivity index (χ4v) is 4.90. The average molecular weight is 493 g/mol. The molecule has 168 valence electrons. The van der Waals surface area contributed by atoms with E-state index in [-0.39, 0.29) is 21.4 Å². The van der Waals surface area contributed by atoms with Crippen molar-refractivity contribution in [1.29, 1.82) is 0 Å². The number of amides is 1. The van der Waals surface area contributed by atoms with Crippen LogP contribution in [0.3, 0.4) is 0 Å². The molecule has 0 unspecified atom stereocenters. The summed E-state index contributed by atoms with van der Waals surface area (Å²) >= 11 is 7.31. The van der Waals surface area contributed by atoms with Gasteiger partial charge in [-0.15, -0.1) is 11.8 Å². The van der Waals surface area contributed by atoms with E-state index in [2.05, 4.69) is 5.32 Å². The molecule has 0 fully saturated rings.